The van der Waals surface area contributed by atoms with E-state index in [9.17, 15) is 41.9 Å². The highest BCUT2D eigenvalue weighted by Gasteiger charge is 2.60. The second-order valence-electron chi connectivity index (χ2n) is 33.0. The number of carbonyl (C=O) groups is 12. The summed E-state index contributed by atoms with van der Waals surface area (Å²) in [4.78, 5) is 192. The molecule has 7 aliphatic rings. The molecule has 1 spiro atoms. The van der Waals surface area contributed by atoms with Crippen molar-refractivity contribution >= 4 is 70.9 Å². The van der Waals surface area contributed by atoms with E-state index in [2.05, 4.69) is 22.9 Å². The highest BCUT2D eigenvalue weighted by molar-refractivity contribution is 6.01. The molecule has 0 aromatic carbocycles. The van der Waals surface area contributed by atoms with Crippen molar-refractivity contribution in [2.75, 3.05) is 82.6 Å². The van der Waals surface area contributed by atoms with Crippen molar-refractivity contribution in [3.05, 3.63) is 12.2 Å². The van der Waals surface area contributed by atoms with E-state index in [-0.39, 0.29) is 76.3 Å². The van der Waals surface area contributed by atoms with Crippen molar-refractivity contribution < 1.29 is 79.5 Å². The van der Waals surface area contributed by atoms with Gasteiger partial charge in [0.25, 0.3) is 0 Å². The quantitative estimate of drug-likeness (QED) is 0.134. The molecule has 0 aromatic heterocycles. The van der Waals surface area contributed by atoms with Gasteiger partial charge in [-0.05, 0) is 131 Å². The smallest absolute Gasteiger partial charge is 0.347 e. The van der Waals surface area contributed by atoms with Crippen molar-refractivity contribution in [2.24, 2.45) is 46.8 Å². The number of carbonyl (C=O) groups excluding carboxylic acids is 12. The van der Waals surface area contributed by atoms with Gasteiger partial charge in [-0.1, -0.05) is 112 Å². The van der Waals surface area contributed by atoms with Crippen LogP contribution < -0.4 is 16.0 Å². The summed E-state index contributed by atoms with van der Waals surface area (Å²) >= 11 is 0. The number of nitrogens with one attached hydrogen (secondary N) is 3. The molecule has 24 nitrogen and oxygen atoms in total. The van der Waals surface area contributed by atoms with Crippen LogP contribution >= 0.6 is 0 Å². The molecule has 2 unspecified atom stereocenters. The number of nitrogens with zero attached hydrogens (tertiary/aromatic N) is 9. The first-order chi connectivity index (χ1) is 49.2. The van der Waals surface area contributed by atoms with Gasteiger partial charge in [0.05, 0.1) is 19.5 Å². The van der Waals surface area contributed by atoms with Crippen LogP contribution in [0.5, 0.6) is 0 Å². The molecule has 12 atom stereocenters. The second-order valence-corrected chi connectivity index (χ2v) is 33.0. The minimum atomic E-state index is -5.16. The molecule has 2 bridgehead atoms. The highest BCUT2D eigenvalue weighted by Crippen LogP contribution is 2.50. The molecule has 3 heterocycles. The van der Waals surface area contributed by atoms with Crippen molar-refractivity contribution in [1.82, 2.24) is 60.0 Å². The maximum Gasteiger partial charge on any atom is 0.397 e. The number of fused-ring (bicyclic) bond motifs is 3. The van der Waals surface area contributed by atoms with Gasteiger partial charge in [-0.3, -0.25) is 57.5 Å². The first-order valence-electron chi connectivity index (χ1n) is 38.5. The minimum absolute atomic E-state index is 0.0182. The number of rotatable bonds is 12. The molecule has 29 heteroatoms. The summed E-state index contributed by atoms with van der Waals surface area (Å²) in [6, 6.07) is -10.4. The van der Waals surface area contributed by atoms with Gasteiger partial charge < -0.3 is 60.0 Å². The lowest BCUT2D eigenvalue weighted by Crippen LogP contribution is -2.71. The number of hydrogen-bond donors (Lipinski definition) is 3. The summed E-state index contributed by atoms with van der Waals surface area (Å²) in [5.74, 6) is -13.0. The first-order valence-corrected chi connectivity index (χ1v) is 38.5. The Kier molecular flexibility index (Phi) is 29.5. The van der Waals surface area contributed by atoms with Crippen LogP contribution in [0.25, 0.3) is 0 Å². The SMILES string of the molecule is CCC[C@@H]1C[C@H]2C(=O)NC3(CC(C)(C)C3)C(=O)N(C)[C@@H](C3CCCC3)C(=O)N(C)[C@H](C(=O)N(C)C)CC(=O)N(C)[C@@H](CC)C(=O)N[C@@H]([C@@H](C)CC)C(=O)N(C)CC(=O)N(C)[C@H]3C/C=C\CCN(C3=O)[C@@H](CC3CCC(C)CC3)C(=O)N(C)CC(=O)N[C@@H](CCC3CC(F)C(C(F)(F)F)C(F)C3)C(=O)N2C1. The van der Waals surface area contributed by atoms with Crippen LogP contribution in [0.3, 0.4) is 0 Å². The van der Waals surface area contributed by atoms with Crippen LogP contribution in [0.4, 0.5) is 22.0 Å². The lowest BCUT2D eigenvalue weighted by molar-refractivity contribution is -0.219. The van der Waals surface area contributed by atoms with Crippen LogP contribution in [-0.4, -0.2) is 270 Å². The third-order valence-corrected chi connectivity index (χ3v) is 24.2. The average Bonchev–Trinajstić information content (AvgIpc) is 1.10. The van der Waals surface area contributed by atoms with E-state index in [0.717, 1.165) is 40.4 Å². The zero-order valence-electron chi connectivity index (χ0n) is 64.9. The molecule has 3 aliphatic heterocycles. The molecule has 105 heavy (non-hydrogen) atoms. The standard InChI is InChI=1S/C76H121F5N12O12/c1-16-24-49-38-56-66(98)84-75(43-74(6,7)44-75)73(105)91(15)64(50-25-21-22-26-50)72(104)90(14)57(68(100)85(8)9)39-60(95)88(12)54(18-3)65(97)83-63(46(5)17-2)71(103)87(11)42-61(96)89(13)55-27-20-19-23-34-92(70(55)102)58(37-47-30-28-45(4)29-31-47)69(101)86(10)41-59(94)82-53(67(99)93(56)40-49)33-32-48-35-51(77)62(52(78)36-48)76(79,80)81/h19-20,45-58,62-64H,16-18,21-44H2,1-15H3,(H,82,94)(H,83,97)(H,84,98)/b20-19-/t45?,46-,47?,48?,49+,51?,52?,53-,54-,55-,56-,57-,58-,62?,63-,64-/m0/s1. The summed E-state index contributed by atoms with van der Waals surface area (Å²) in [6.45, 7) is 11.9. The molecule has 6 fully saturated rings. The Morgan fingerprint density at radius 2 is 1.27 bits per heavy atom. The number of halogens is 5. The molecule has 3 N–H and O–H groups in total. The highest BCUT2D eigenvalue weighted by atomic mass is 19.4. The first kappa shape index (κ1) is 85.3. The molecule has 592 valence electrons. The van der Waals surface area contributed by atoms with Crippen LogP contribution in [0.2, 0.25) is 0 Å². The van der Waals surface area contributed by atoms with Crippen molar-refractivity contribution in [2.45, 2.75) is 269 Å². The lowest BCUT2D eigenvalue weighted by atomic mass is 9.58. The molecular weight excluding hydrogens is 1370 g/mol. The fraction of sp³-hybridized carbons (Fsp3) is 0.816. The lowest BCUT2D eigenvalue weighted by Gasteiger charge is -2.54. The molecule has 4 aliphatic carbocycles. The summed E-state index contributed by atoms with van der Waals surface area (Å²) in [5.41, 5.74) is -2.21. The van der Waals surface area contributed by atoms with Crippen molar-refractivity contribution in [3.63, 3.8) is 0 Å². The fourth-order valence-electron chi connectivity index (χ4n) is 17.9. The maximum atomic E-state index is 15.8. The van der Waals surface area contributed by atoms with E-state index in [1.807, 2.05) is 33.8 Å². The summed E-state index contributed by atoms with van der Waals surface area (Å²) in [5, 5.41) is 8.70. The van der Waals surface area contributed by atoms with Gasteiger partial charge >= 0.3 is 6.18 Å². The molecule has 12 amide bonds. The van der Waals surface area contributed by atoms with Crippen LogP contribution in [0, 0.1) is 46.8 Å². The Bertz CT molecular complexity index is 3140. The van der Waals surface area contributed by atoms with Gasteiger partial charge in [0, 0.05) is 69.5 Å². The molecule has 7 rings (SSSR count). The largest absolute Gasteiger partial charge is 0.397 e. The number of hydrogen-bond acceptors (Lipinski definition) is 12. The molecule has 4 saturated carbocycles. The third kappa shape index (κ3) is 20.4. The Morgan fingerprint density at radius 3 is 1.84 bits per heavy atom. The normalized spacial score (nSPS) is 32.8. The Hall–Kier alpha value is -6.97. The number of alkyl halides is 5. The third-order valence-electron chi connectivity index (χ3n) is 24.2. The van der Waals surface area contributed by atoms with Crippen molar-refractivity contribution in [3.8, 4) is 0 Å². The van der Waals surface area contributed by atoms with Crippen LogP contribution in [0.15, 0.2) is 12.2 Å². The molecule has 2 saturated heterocycles. The summed E-state index contributed by atoms with van der Waals surface area (Å²) in [7, 11) is 11.3. The Balaban J connectivity index is 1.32. The maximum absolute atomic E-state index is 15.8. The Morgan fingerprint density at radius 1 is 0.648 bits per heavy atom. The summed E-state index contributed by atoms with van der Waals surface area (Å²) < 4.78 is 73.0. The van der Waals surface area contributed by atoms with Crippen LogP contribution in [0.1, 0.15) is 196 Å². The monoisotopic (exact) mass is 1490 g/mol. The number of likely N-dealkylation sites (N-methyl/N-ethyl adjacent to an activating group) is 7. The predicted octanol–water partition coefficient (Wildman–Crippen LogP) is 6.82. The molecular formula is C76H121F5N12O12. The van der Waals surface area contributed by atoms with E-state index >= 15 is 37.5 Å². The van der Waals surface area contributed by atoms with E-state index in [0.29, 0.717) is 57.3 Å². The predicted molar refractivity (Wildman–Crippen MR) is 384 cm³/mol. The van der Waals surface area contributed by atoms with Gasteiger partial charge in [-0.25, -0.2) is 8.78 Å². The zero-order valence-corrected chi connectivity index (χ0v) is 64.9. The summed E-state index contributed by atoms with van der Waals surface area (Å²) in [6.07, 6.45) is -1.34. The zero-order chi connectivity index (χ0) is 78.1. The van der Waals surface area contributed by atoms with Gasteiger partial charge in [0.2, 0.25) is 70.9 Å². The van der Waals surface area contributed by atoms with E-state index < -0.39 is 205 Å². The molecule has 0 aromatic rings. The fourth-order valence-corrected chi connectivity index (χ4v) is 17.9. The topological polar surface area (TPSA) is 270 Å². The van der Waals surface area contributed by atoms with Crippen LogP contribution in [-0.2, 0) is 57.5 Å². The van der Waals surface area contributed by atoms with E-state index in [4.69, 9.17) is 0 Å². The van der Waals surface area contributed by atoms with Gasteiger partial charge in [0.1, 0.15) is 72.1 Å². The van der Waals surface area contributed by atoms with E-state index in [1.54, 1.807) is 19.9 Å². The van der Waals surface area contributed by atoms with Gasteiger partial charge in [-0.15, -0.1) is 0 Å². The van der Waals surface area contributed by atoms with E-state index in [1.165, 1.54) is 85.8 Å². The second kappa shape index (κ2) is 36.3. The molecule has 0 radical (unpaired) electrons. The Labute approximate surface area is 618 Å². The minimum Gasteiger partial charge on any atom is -0.347 e. The van der Waals surface area contributed by atoms with Crippen molar-refractivity contribution in [1.29, 1.82) is 0 Å². The average molecular weight is 1490 g/mol. The van der Waals surface area contributed by atoms with Gasteiger partial charge in [-0.2, -0.15) is 13.2 Å². The van der Waals surface area contributed by atoms with Gasteiger partial charge in [0.15, 0.2) is 0 Å². The number of amides is 12.